The van der Waals surface area contributed by atoms with Crippen LogP contribution in [0, 0.1) is 0 Å². The van der Waals surface area contributed by atoms with Crippen molar-refractivity contribution in [3.05, 3.63) is 48.7 Å². The van der Waals surface area contributed by atoms with Crippen LogP contribution in [0.1, 0.15) is 12.8 Å². The molecule has 0 N–H and O–H groups in total. The van der Waals surface area contributed by atoms with Gasteiger partial charge in [0.05, 0.1) is 11.9 Å². The number of anilines is 1. The van der Waals surface area contributed by atoms with Crippen LogP contribution in [-0.2, 0) is 0 Å². The number of fused-ring (bicyclic) bond motifs is 1. The number of hydrogen-bond acceptors (Lipinski definition) is 5. The van der Waals surface area contributed by atoms with Crippen LogP contribution in [0.4, 0.5) is 5.95 Å². The van der Waals surface area contributed by atoms with Crippen molar-refractivity contribution in [3.8, 4) is 11.3 Å². The van der Waals surface area contributed by atoms with E-state index in [0.29, 0.717) is 12.0 Å². The molecule has 2 heterocycles. The number of hydrogen-bond donors (Lipinski definition) is 0. The third kappa shape index (κ3) is 3.33. The zero-order valence-electron chi connectivity index (χ0n) is 14.8. The van der Waals surface area contributed by atoms with Gasteiger partial charge in [0.1, 0.15) is 0 Å². The first-order valence-electron chi connectivity index (χ1n) is 8.81. The summed E-state index contributed by atoms with van der Waals surface area (Å²) >= 11 is 0. The number of aromatic nitrogens is 3. The third-order valence-corrected chi connectivity index (χ3v) is 5.09. The smallest absolute Gasteiger partial charge is 0.245 e. The fourth-order valence-corrected chi connectivity index (χ4v) is 3.55. The summed E-state index contributed by atoms with van der Waals surface area (Å²) in [5.74, 6) is 0.686. The minimum atomic E-state index is 0.568. The highest BCUT2D eigenvalue weighted by Gasteiger charge is 2.23. The molecule has 3 aromatic rings. The maximum atomic E-state index is 4.75. The topological polar surface area (TPSA) is 45.2 Å². The molecule has 0 spiro atoms. The molecule has 1 aliphatic heterocycles. The molecule has 0 radical (unpaired) electrons. The van der Waals surface area contributed by atoms with E-state index in [4.69, 9.17) is 4.98 Å². The van der Waals surface area contributed by atoms with E-state index in [2.05, 4.69) is 69.5 Å². The normalized spacial score (nSPS) is 17.9. The molecule has 0 amide bonds. The van der Waals surface area contributed by atoms with Crippen LogP contribution in [0.3, 0.4) is 0 Å². The predicted molar refractivity (Wildman–Crippen MR) is 102 cm³/mol. The number of rotatable bonds is 4. The molecule has 0 bridgehead atoms. The summed E-state index contributed by atoms with van der Waals surface area (Å²) in [5, 5.41) is 10.9. The molecule has 25 heavy (non-hydrogen) atoms. The van der Waals surface area contributed by atoms with Crippen LogP contribution >= 0.6 is 0 Å². The molecule has 1 atom stereocenters. The van der Waals surface area contributed by atoms with Gasteiger partial charge in [-0.15, -0.1) is 5.10 Å². The monoisotopic (exact) mass is 333 g/mol. The summed E-state index contributed by atoms with van der Waals surface area (Å²) in [7, 11) is 4.24. The van der Waals surface area contributed by atoms with E-state index < -0.39 is 0 Å². The van der Waals surface area contributed by atoms with Gasteiger partial charge in [0.2, 0.25) is 5.95 Å². The van der Waals surface area contributed by atoms with Gasteiger partial charge in [-0.1, -0.05) is 36.4 Å². The second kappa shape index (κ2) is 6.76. The lowest BCUT2D eigenvalue weighted by molar-refractivity contribution is 0.313. The second-order valence-corrected chi connectivity index (χ2v) is 6.86. The largest absolute Gasteiger partial charge is 0.341 e. The van der Waals surface area contributed by atoms with Crippen LogP contribution in [-0.4, -0.2) is 53.3 Å². The van der Waals surface area contributed by atoms with Crippen molar-refractivity contribution in [1.29, 1.82) is 0 Å². The molecule has 2 aromatic carbocycles. The minimum Gasteiger partial charge on any atom is -0.341 e. The van der Waals surface area contributed by atoms with Crippen LogP contribution in [0.15, 0.2) is 48.7 Å². The standard InChI is InChI=1S/C20H23N5/c1-24-11-5-8-18(24)14-25(2)20-22-19(13-21-23-20)17-10-9-15-6-3-4-7-16(15)12-17/h3-4,6-7,9-10,12-13,18H,5,8,11,14H2,1-2H3. The van der Waals surface area contributed by atoms with Gasteiger partial charge in [0.25, 0.3) is 0 Å². The Bertz CT molecular complexity index is 879. The van der Waals surface area contributed by atoms with E-state index >= 15 is 0 Å². The number of nitrogens with zero attached hydrogens (tertiary/aromatic N) is 5. The number of likely N-dealkylation sites (tertiary alicyclic amines) is 1. The fraction of sp³-hybridized carbons (Fsp3) is 0.350. The lowest BCUT2D eigenvalue weighted by Crippen LogP contribution is -2.37. The zero-order valence-corrected chi connectivity index (χ0v) is 14.8. The molecular weight excluding hydrogens is 310 g/mol. The van der Waals surface area contributed by atoms with Gasteiger partial charge in [-0.2, -0.15) is 5.10 Å². The molecular formula is C20H23N5. The Labute approximate surface area is 148 Å². The number of likely N-dealkylation sites (N-methyl/N-ethyl adjacent to an activating group) is 2. The molecule has 1 fully saturated rings. The summed E-state index contributed by atoms with van der Waals surface area (Å²) in [4.78, 5) is 9.28. The van der Waals surface area contributed by atoms with Crippen molar-refractivity contribution < 1.29 is 0 Å². The average Bonchev–Trinajstić information content (AvgIpc) is 3.06. The molecule has 4 rings (SSSR count). The molecule has 128 valence electrons. The van der Waals surface area contributed by atoms with Crippen LogP contribution < -0.4 is 4.90 Å². The summed E-state index contributed by atoms with van der Waals surface area (Å²) in [6, 6.07) is 15.3. The lowest BCUT2D eigenvalue weighted by Gasteiger charge is -2.25. The van der Waals surface area contributed by atoms with E-state index in [0.717, 1.165) is 17.8 Å². The maximum absolute atomic E-state index is 4.75. The molecule has 1 aliphatic rings. The first-order chi connectivity index (χ1) is 12.2. The van der Waals surface area contributed by atoms with Crippen molar-refractivity contribution in [2.75, 3.05) is 32.1 Å². The van der Waals surface area contributed by atoms with Gasteiger partial charge in [0.15, 0.2) is 0 Å². The summed E-state index contributed by atoms with van der Waals surface area (Å²) in [5.41, 5.74) is 1.93. The van der Waals surface area contributed by atoms with Crippen LogP contribution in [0.2, 0.25) is 0 Å². The van der Waals surface area contributed by atoms with E-state index in [1.165, 1.54) is 30.2 Å². The van der Waals surface area contributed by atoms with Gasteiger partial charge >= 0.3 is 0 Å². The molecule has 1 saturated heterocycles. The Balaban J connectivity index is 1.59. The Kier molecular flexibility index (Phi) is 4.32. The molecule has 0 saturated carbocycles. The first kappa shape index (κ1) is 16.0. The average molecular weight is 333 g/mol. The Hall–Kier alpha value is -2.53. The fourth-order valence-electron chi connectivity index (χ4n) is 3.55. The van der Waals surface area contributed by atoms with E-state index in [-0.39, 0.29) is 0 Å². The lowest BCUT2D eigenvalue weighted by atomic mass is 10.1. The van der Waals surface area contributed by atoms with Crippen molar-refractivity contribution in [2.24, 2.45) is 0 Å². The highest BCUT2D eigenvalue weighted by Crippen LogP contribution is 2.24. The predicted octanol–water partition coefficient (Wildman–Crippen LogP) is 3.22. The highest BCUT2D eigenvalue weighted by molar-refractivity contribution is 5.86. The Morgan fingerprint density at radius 2 is 2.00 bits per heavy atom. The molecule has 0 aliphatic carbocycles. The van der Waals surface area contributed by atoms with Crippen molar-refractivity contribution in [2.45, 2.75) is 18.9 Å². The number of benzene rings is 2. The quantitative estimate of drug-likeness (QED) is 0.733. The van der Waals surface area contributed by atoms with E-state index in [9.17, 15) is 0 Å². The molecule has 1 unspecified atom stereocenters. The van der Waals surface area contributed by atoms with Crippen molar-refractivity contribution in [1.82, 2.24) is 20.1 Å². The van der Waals surface area contributed by atoms with Gasteiger partial charge in [-0.25, -0.2) is 4.98 Å². The molecule has 5 nitrogen and oxygen atoms in total. The first-order valence-corrected chi connectivity index (χ1v) is 8.81. The summed E-state index contributed by atoms with van der Waals surface area (Å²) in [6.45, 7) is 2.11. The van der Waals surface area contributed by atoms with Crippen molar-refractivity contribution >= 4 is 16.7 Å². The van der Waals surface area contributed by atoms with Gasteiger partial charge in [-0.05, 0) is 43.3 Å². The van der Waals surface area contributed by atoms with Gasteiger partial charge in [0, 0.05) is 25.2 Å². The molecule has 1 aromatic heterocycles. The van der Waals surface area contributed by atoms with Crippen LogP contribution in [0.25, 0.3) is 22.0 Å². The minimum absolute atomic E-state index is 0.568. The van der Waals surface area contributed by atoms with Gasteiger partial charge < -0.3 is 9.80 Å². The second-order valence-electron chi connectivity index (χ2n) is 6.86. The van der Waals surface area contributed by atoms with Crippen LogP contribution in [0.5, 0.6) is 0 Å². The van der Waals surface area contributed by atoms with E-state index in [1.807, 2.05) is 7.05 Å². The zero-order chi connectivity index (χ0) is 17.2. The summed E-state index contributed by atoms with van der Waals surface area (Å²) in [6.07, 6.45) is 4.24. The summed E-state index contributed by atoms with van der Waals surface area (Å²) < 4.78 is 0. The maximum Gasteiger partial charge on any atom is 0.245 e. The SMILES string of the molecule is CN(CC1CCCN1C)c1nncc(-c2ccc3ccccc3c2)n1. The van der Waals surface area contributed by atoms with Crippen molar-refractivity contribution in [3.63, 3.8) is 0 Å². The van der Waals surface area contributed by atoms with Gasteiger partial charge in [-0.3, -0.25) is 0 Å². The van der Waals surface area contributed by atoms with E-state index in [1.54, 1.807) is 6.20 Å². The molecule has 5 heteroatoms. The highest BCUT2D eigenvalue weighted by atomic mass is 15.3. The third-order valence-electron chi connectivity index (χ3n) is 5.09. The Morgan fingerprint density at radius 1 is 1.16 bits per heavy atom. The Morgan fingerprint density at radius 3 is 2.80 bits per heavy atom.